The van der Waals surface area contributed by atoms with Crippen molar-refractivity contribution in [2.45, 2.75) is 0 Å². The number of nitrogens with zero attached hydrogens (tertiary/aromatic N) is 8. The summed E-state index contributed by atoms with van der Waals surface area (Å²) >= 11 is 13.0. The Morgan fingerprint density at radius 1 is 0.368 bits per heavy atom. The van der Waals surface area contributed by atoms with Crippen molar-refractivity contribution in [2.75, 3.05) is 56.4 Å². The molecule has 0 unspecified atom stereocenters. The SMILES string of the molecule is CN(C)C=O.CN(C)C=O.CN(C)C=O.CN(C)C=O.[O-]c1c(Br)cccc1C=Nc1cc(N=Cc2cccc(Br)c2[O-])c(N=Cc2cccc(Br)c2[O-])cc1N=Cc1cccc(Br)c1[O-].[Zn+2].[Zn+2]. The third kappa shape index (κ3) is 24.4. The second-order valence-electron chi connectivity index (χ2n) is 13.8. The number of amides is 4. The number of hydrogen-bond donors (Lipinski definition) is 0. The quantitative estimate of drug-likeness (QED) is 0.0729. The first-order valence-corrected chi connectivity index (χ1v) is 22.0. The molecule has 5 aromatic rings. The van der Waals surface area contributed by atoms with Gasteiger partial charge in [0, 0.05) is 99.1 Å². The summed E-state index contributed by atoms with van der Waals surface area (Å²) in [6, 6.07) is 23.1. The Morgan fingerprint density at radius 2 is 0.529 bits per heavy atom. The van der Waals surface area contributed by atoms with Gasteiger partial charge in [0.15, 0.2) is 0 Å². The van der Waals surface area contributed by atoms with Crippen LogP contribution < -0.4 is 20.4 Å². The minimum atomic E-state index is -0.249. The first-order chi connectivity index (χ1) is 31.2. The summed E-state index contributed by atoms with van der Waals surface area (Å²) in [5.74, 6) is -0.996. The van der Waals surface area contributed by atoms with Crippen molar-refractivity contribution < 1.29 is 78.6 Å². The molecule has 4 amide bonds. The fourth-order valence-corrected chi connectivity index (χ4v) is 5.56. The van der Waals surface area contributed by atoms with Gasteiger partial charge in [-0.1, -0.05) is 135 Å². The van der Waals surface area contributed by atoms with Gasteiger partial charge in [-0.25, -0.2) is 0 Å². The normalized spacial score (nSPS) is 10.1. The van der Waals surface area contributed by atoms with E-state index in [1.807, 2.05) is 0 Å². The van der Waals surface area contributed by atoms with Crippen LogP contribution in [0.2, 0.25) is 0 Å². The molecule has 0 aromatic heterocycles. The van der Waals surface area contributed by atoms with Crippen molar-refractivity contribution in [3.05, 3.63) is 125 Å². The van der Waals surface area contributed by atoms with Crippen LogP contribution in [0.3, 0.4) is 0 Å². The van der Waals surface area contributed by atoms with Gasteiger partial charge in [0.25, 0.3) is 0 Å². The van der Waals surface area contributed by atoms with Crippen molar-refractivity contribution >= 4 is 137 Å². The zero-order chi connectivity index (χ0) is 49.9. The predicted octanol–water partition coefficient (Wildman–Crippen LogP) is 6.85. The molecule has 0 aliphatic heterocycles. The largest absolute Gasteiger partial charge is 2.00 e. The number of rotatable bonds is 12. The summed E-state index contributed by atoms with van der Waals surface area (Å²) in [6.07, 6.45) is 8.63. The summed E-state index contributed by atoms with van der Waals surface area (Å²) in [7, 11) is 13.5. The summed E-state index contributed by atoms with van der Waals surface area (Å²) in [4.78, 5) is 61.8. The molecular weight excluding hydrogens is 1240 g/mol. The maximum atomic E-state index is 12.7. The van der Waals surface area contributed by atoms with Gasteiger partial charge < -0.3 is 40.0 Å². The van der Waals surface area contributed by atoms with Crippen molar-refractivity contribution in [2.24, 2.45) is 20.0 Å². The second kappa shape index (κ2) is 35.2. The minimum absolute atomic E-state index is 0. The molecule has 0 aliphatic rings. The summed E-state index contributed by atoms with van der Waals surface area (Å²) < 4.78 is 1.54. The Bertz CT molecular complexity index is 2170. The summed E-state index contributed by atoms with van der Waals surface area (Å²) in [5, 5.41) is 50.6. The molecule has 16 nitrogen and oxygen atoms in total. The van der Waals surface area contributed by atoms with Crippen LogP contribution >= 0.6 is 63.7 Å². The molecule has 0 fully saturated rings. The van der Waals surface area contributed by atoms with Crippen LogP contribution in [0.15, 0.2) is 123 Å². The van der Waals surface area contributed by atoms with Gasteiger partial charge in [-0.2, -0.15) is 0 Å². The summed E-state index contributed by atoms with van der Waals surface area (Å²) in [6.45, 7) is 0. The zero-order valence-electron chi connectivity index (χ0n) is 38.5. The standard InChI is InChI=1S/C34H22Br4N4O4.4C3H7NO.2Zn/c35-23-9-1-5-19(31(23)43)15-39-27-13-29(41-17-21-7-3-11-25(37)33(21)45)30(42-18-22-8-4-12-26(38)34(22)46)14-28(27)40-16-20-6-2-10-24(36)32(20)44;4*1-4(2)3-5;;/h1-18,43-46H;4*3H,1-2H3;;/q;;;;;2*+2/p-4. The zero-order valence-corrected chi connectivity index (χ0v) is 50.7. The molecule has 0 bridgehead atoms. The number of benzene rings is 5. The van der Waals surface area contributed by atoms with Crippen molar-refractivity contribution in [1.82, 2.24) is 19.6 Å². The number of aliphatic imine (C=N–C) groups is 4. The molecule has 0 aliphatic carbocycles. The Hall–Kier alpha value is -4.97. The van der Waals surface area contributed by atoms with E-state index in [0.29, 0.717) is 62.9 Å². The molecule has 68 heavy (non-hydrogen) atoms. The van der Waals surface area contributed by atoms with Crippen LogP contribution in [0.1, 0.15) is 22.3 Å². The number of carbonyl (C=O) groups excluding carboxylic acids is 4. The predicted molar refractivity (Wildman–Crippen MR) is 269 cm³/mol. The molecule has 5 aromatic carbocycles. The monoisotopic (exact) mass is 1280 g/mol. The Kier molecular flexibility index (Phi) is 33.7. The molecule has 0 saturated carbocycles. The van der Waals surface area contributed by atoms with E-state index in [-0.39, 0.29) is 62.0 Å². The number of carbonyl (C=O) groups is 4. The molecule has 5 rings (SSSR count). The van der Waals surface area contributed by atoms with Crippen molar-refractivity contribution in [1.29, 1.82) is 0 Å². The molecule has 0 N–H and O–H groups in total. The van der Waals surface area contributed by atoms with E-state index < -0.39 is 0 Å². The number of halogens is 4. The average molecular weight is 1290 g/mol. The van der Waals surface area contributed by atoms with E-state index in [1.54, 1.807) is 141 Å². The van der Waals surface area contributed by atoms with Gasteiger partial charge in [0.2, 0.25) is 25.6 Å². The van der Waals surface area contributed by atoms with Crippen molar-refractivity contribution in [3.8, 4) is 23.0 Å². The van der Waals surface area contributed by atoms with E-state index in [2.05, 4.69) is 83.7 Å². The van der Waals surface area contributed by atoms with Gasteiger partial charge in [-0.3, -0.25) is 39.1 Å². The van der Waals surface area contributed by atoms with Gasteiger partial charge in [0.05, 0.1) is 22.7 Å². The van der Waals surface area contributed by atoms with Crippen LogP contribution in [0.25, 0.3) is 0 Å². The third-order valence-electron chi connectivity index (χ3n) is 7.28. The smallest absolute Gasteiger partial charge is 0.871 e. The van der Waals surface area contributed by atoms with Crippen molar-refractivity contribution in [3.63, 3.8) is 0 Å². The second-order valence-corrected chi connectivity index (χ2v) is 17.2. The average Bonchev–Trinajstić information content (AvgIpc) is 3.29. The molecular formula is C46H46Br4N8O8Zn2. The molecule has 350 valence electrons. The number of hydrogen-bond acceptors (Lipinski definition) is 12. The number of para-hydroxylation sites is 4. The molecule has 0 atom stereocenters. The van der Waals surface area contributed by atoms with E-state index in [0.717, 1.165) is 25.6 Å². The summed E-state index contributed by atoms with van der Waals surface area (Å²) in [5.41, 5.74) is 2.50. The Labute approximate surface area is 455 Å². The fourth-order valence-electron chi connectivity index (χ4n) is 4.03. The van der Waals surface area contributed by atoms with E-state index in [9.17, 15) is 39.6 Å². The fraction of sp³-hybridized carbons (Fsp3) is 0.174. The van der Waals surface area contributed by atoms with Gasteiger partial charge >= 0.3 is 39.0 Å². The van der Waals surface area contributed by atoms with Gasteiger partial charge in [-0.15, -0.1) is 0 Å². The third-order valence-corrected chi connectivity index (χ3v) is 9.77. The van der Waals surface area contributed by atoms with Gasteiger partial charge in [-0.05, 0) is 58.7 Å². The van der Waals surface area contributed by atoms with Crippen LogP contribution in [-0.2, 0) is 58.1 Å². The molecule has 0 saturated heterocycles. The van der Waals surface area contributed by atoms with Crippen LogP contribution in [0.4, 0.5) is 22.7 Å². The molecule has 0 heterocycles. The maximum Gasteiger partial charge on any atom is 2.00 e. The topological polar surface area (TPSA) is 223 Å². The van der Waals surface area contributed by atoms with E-state index >= 15 is 0 Å². The van der Waals surface area contributed by atoms with E-state index in [1.165, 1.54) is 44.5 Å². The van der Waals surface area contributed by atoms with Crippen LogP contribution in [0, 0.1) is 0 Å². The molecule has 0 spiro atoms. The molecule has 0 radical (unpaired) electrons. The maximum absolute atomic E-state index is 12.7. The minimum Gasteiger partial charge on any atom is -0.871 e. The first-order valence-electron chi connectivity index (χ1n) is 18.8. The van der Waals surface area contributed by atoms with E-state index in [4.69, 9.17) is 0 Å². The van der Waals surface area contributed by atoms with Crippen LogP contribution in [0.5, 0.6) is 23.0 Å². The van der Waals surface area contributed by atoms with Gasteiger partial charge in [0.1, 0.15) is 0 Å². The molecule has 22 heteroatoms. The first kappa shape index (κ1) is 65.1. The Morgan fingerprint density at radius 3 is 0.676 bits per heavy atom. The Balaban J connectivity index is 0. The van der Waals surface area contributed by atoms with Crippen LogP contribution in [-0.4, -0.2) is 126 Å².